The maximum Gasteiger partial charge on any atom is 0.0745 e. The monoisotopic (exact) mass is 523 g/mol. The minimum atomic E-state index is -0.449. The average Bonchev–Trinajstić information content (AvgIpc) is 3.57. The first kappa shape index (κ1) is 22.9. The van der Waals surface area contributed by atoms with Crippen molar-refractivity contribution in [2.75, 3.05) is 5.73 Å². The van der Waals surface area contributed by atoms with Crippen LogP contribution in [0.5, 0.6) is 0 Å². The minimum Gasteiger partial charge on any atom is -0.398 e. The van der Waals surface area contributed by atoms with Gasteiger partial charge in [-0.3, -0.25) is 0 Å². The fourth-order valence-electron chi connectivity index (χ4n) is 8.53. The summed E-state index contributed by atoms with van der Waals surface area (Å²) < 4.78 is 0. The van der Waals surface area contributed by atoms with Crippen molar-refractivity contribution in [2.24, 2.45) is 0 Å². The normalized spacial score (nSPS) is 15.6. The Balaban J connectivity index is 1.40. The molecular formula is C40H29N. The molecule has 41 heavy (non-hydrogen) atoms. The summed E-state index contributed by atoms with van der Waals surface area (Å²) in [6.45, 7) is 4.71. The first-order valence-corrected chi connectivity index (χ1v) is 14.5. The number of hydrogen-bond acceptors (Lipinski definition) is 1. The van der Waals surface area contributed by atoms with Gasteiger partial charge in [0.1, 0.15) is 0 Å². The first-order valence-electron chi connectivity index (χ1n) is 14.5. The van der Waals surface area contributed by atoms with Gasteiger partial charge in [0.15, 0.2) is 0 Å². The van der Waals surface area contributed by atoms with Gasteiger partial charge in [-0.2, -0.15) is 0 Å². The zero-order valence-electron chi connectivity index (χ0n) is 23.2. The molecule has 3 aliphatic rings. The van der Waals surface area contributed by atoms with E-state index in [1.807, 2.05) is 0 Å². The second-order valence-electron chi connectivity index (χ2n) is 12.2. The van der Waals surface area contributed by atoms with Crippen molar-refractivity contribution in [3.63, 3.8) is 0 Å². The third kappa shape index (κ3) is 2.58. The topological polar surface area (TPSA) is 26.0 Å². The lowest BCUT2D eigenvalue weighted by molar-refractivity contribution is 0.662. The third-order valence-corrected chi connectivity index (χ3v) is 10.1. The van der Waals surface area contributed by atoms with Crippen LogP contribution >= 0.6 is 0 Å². The fraction of sp³-hybridized carbons (Fsp3) is 0.100. The van der Waals surface area contributed by atoms with Crippen LogP contribution in [0.1, 0.15) is 47.2 Å². The van der Waals surface area contributed by atoms with Crippen LogP contribution in [0.15, 0.2) is 127 Å². The summed E-state index contributed by atoms with van der Waals surface area (Å²) in [5.74, 6) is 0. The van der Waals surface area contributed by atoms with Gasteiger partial charge in [0.25, 0.3) is 0 Å². The lowest BCUT2D eigenvalue weighted by Gasteiger charge is -2.32. The molecule has 0 saturated carbocycles. The van der Waals surface area contributed by atoms with E-state index in [9.17, 15) is 0 Å². The highest BCUT2D eigenvalue weighted by Gasteiger charge is 2.53. The van der Waals surface area contributed by atoms with Crippen molar-refractivity contribution in [1.82, 2.24) is 0 Å². The van der Waals surface area contributed by atoms with E-state index in [1.54, 1.807) is 0 Å². The van der Waals surface area contributed by atoms with Crippen molar-refractivity contribution in [3.05, 3.63) is 161 Å². The van der Waals surface area contributed by atoms with Crippen LogP contribution in [0.25, 0.3) is 44.5 Å². The van der Waals surface area contributed by atoms with Gasteiger partial charge in [-0.1, -0.05) is 141 Å². The molecule has 9 rings (SSSR count). The summed E-state index contributed by atoms with van der Waals surface area (Å²) >= 11 is 0. The molecule has 194 valence electrons. The quantitative estimate of drug-likeness (QED) is 0.213. The molecule has 3 aliphatic carbocycles. The van der Waals surface area contributed by atoms with Crippen LogP contribution in [-0.2, 0) is 10.8 Å². The van der Waals surface area contributed by atoms with Gasteiger partial charge in [-0.15, -0.1) is 0 Å². The smallest absolute Gasteiger partial charge is 0.0745 e. The van der Waals surface area contributed by atoms with Gasteiger partial charge >= 0.3 is 0 Å². The van der Waals surface area contributed by atoms with Crippen molar-refractivity contribution in [2.45, 2.75) is 24.7 Å². The SMILES string of the molecule is CC1(C)c2ccccc2-c2cccc(-c3ccc4c(c3N)C3(c5ccccc5-c5ccccc53)c3ccccc3-4)c21. The Hall–Kier alpha value is -4.88. The van der Waals surface area contributed by atoms with Gasteiger partial charge in [-0.05, 0) is 66.8 Å². The summed E-state index contributed by atoms with van der Waals surface area (Å²) in [7, 11) is 0. The Morgan fingerprint density at radius 2 is 0.732 bits per heavy atom. The zero-order valence-corrected chi connectivity index (χ0v) is 23.2. The maximum absolute atomic E-state index is 7.50. The van der Waals surface area contributed by atoms with Crippen LogP contribution < -0.4 is 5.73 Å². The molecule has 0 saturated heterocycles. The third-order valence-electron chi connectivity index (χ3n) is 10.1. The van der Waals surface area contributed by atoms with Crippen LogP contribution in [0.4, 0.5) is 5.69 Å². The number of fused-ring (bicyclic) bond motifs is 13. The van der Waals surface area contributed by atoms with E-state index < -0.39 is 5.41 Å². The van der Waals surface area contributed by atoms with E-state index in [4.69, 9.17) is 5.73 Å². The molecule has 6 aromatic rings. The van der Waals surface area contributed by atoms with E-state index in [-0.39, 0.29) is 5.41 Å². The second kappa shape index (κ2) is 7.65. The molecule has 1 heteroatoms. The first-order chi connectivity index (χ1) is 20.0. The van der Waals surface area contributed by atoms with Crippen molar-refractivity contribution < 1.29 is 0 Å². The Morgan fingerprint density at radius 3 is 1.29 bits per heavy atom. The van der Waals surface area contributed by atoms with Crippen molar-refractivity contribution in [3.8, 4) is 44.5 Å². The van der Waals surface area contributed by atoms with E-state index >= 15 is 0 Å². The molecule has 0 fully saturated rings. The van der Waals surface area contributed by atoms with Crippen LogP contribution in [0, 0.1) is 0 Å². The molecular weight excluding hydrogens is 494 g/mol. The Morgan fingerprint density at radius 1 is 0.366 bits per heavy atom. The molecule has 0 heterocycles. The van der Waals surface area contributed by atoms with Crippen molar-refractivity contribution >= 4 is 5.69 Å². The molecule has 6 aromatic carbocycles. The van der Waals surface area contributed by atoms with Crippen molar-refractivity contribution in [1.29, 1.82) is 0 Å². The van der Waals surface area contributed by atoms with E-state index in [0.29, 0.717) is 0 Å². The Kier molecular flexibility index (Phi) is 4.27. The second-order valence-corrected chi connectivity index (χ2v) is 12.2. The summed E-state index contributed by atoms with van der Waals surface area (Å²) in [4.78, 5) is 0. The lowest BCUT2D eigenvalue weighted by Crippen LogP contribution is -2.27. The molecule has 0 unspecified atom stereocenters. The summed E-state index contributed by atoms with van der Waals surface area (Å²) in [5.41, 5.74) is 25.9. The molecule has 0 atom stereocenters. The molecule has 1 nitrogen and oxygen atoms in total. The highest BCUT2D eigenvalue weighted by molar-refractivity contribution is 6.01. The number of nitrogens with two attached hydrogens (primary N) is 1. The molecule has 0 aliphatic heterocycles. The van der Waals surface area contributed by atoms with E-state index in [1.165, 1.54) is 72.3 Å². The molecule has 0 amide bonds. The number of rotatable bonds is 1. The lowest BCUT2D eigenvalue weighted by atomic mass is 9.69. The van der Waals surface area contributed by atoms with E-state index in [2.05, 4.69) is 141 Å². The summed E-state index contributed by atoms with van der Waals surface area (Å²) in [6, 6.07) is 46.9. The maximum atomic E-state index is 7.50. The zero-order chi connectivity index (χ0) is 27.5. The largest absolute Gasteiger partial charge is 0.398 e. The predicted molar refractivity (Wildman–Crippen MR) is 170 cm³/mol. The highest BCUT2D eigenvalue weighted by Crippen LogP contribution is 2.65. The molecule has 0 radical (unpaired) electrons. The fourth-order valence-corrected chi connectivity index (χ4v) is 8.53. The van der Waals surface area contributed by atoms with E-state index in [0.717, 1.165) is 11.3 Å². The van der Waals surface area contributed by atoms with Gasteiger partial charge in [0.05, 0.1) is 5.41 Å². The summed E-state index contributed by atoms with van der Waals surface area (Å²) in [6.07, 6.45) is 0. The van der Waals surface area contributed by atoms with Gasteiger partial charge in [-0.25, -0.2) is 0 Å². The molecule has 0 aromatic heterocycles. The number of anilines is 1. The molecule has 2 N–H and O–H groups in total. The average molecular weight is 524 g/mol. The number of hydrogen-bond donors (Lipinski definition) is 1. The number of nitrogen functional groups attached to an aromatic ring is 1. The number of benzene rings is 6. The van der Waals surface area contributed by atoms with Crippen LogP contribution in [0.3, 0.4) is 0 Å². The summed E-state index contributed by atoms with van der Waals surface area (Å²) in [5, 5.41) is 0. The van der Waals surface area contributed by atoms with Crippen LogP contribution in [0.2, 0.25) is 0 Å². The molecule has 1 spiro atoms. The Labute approximate surface area is 240 Å². The van der Waals surface area contributed by atoms with Gasteiger partial charge < -0.3 is 5.73 Å². The highest BCUT2D eigenvalue weighted by atomic mass is 14.6. The Bertz CT molecular complexity index is 2030. The standard InChI is InChI=1S/C40H29N/c1-39(2)32-18-7-3-14-26(32)28-16-11-17-29(36(28)39)31-23-22-30-27-15-6-10-21-35(27)40(37(30)38(31)41)33-19-8-4-12-24(33)25-13-5-9-20-34(25)40/h3-23H,41H2,1-2H3. The van der Waals surface area contributed by atoms with Gasteiger partial charge in [0, 0.05) is 22.2 Å². The van der Waals surface area contributed by atoms with Gasteiger partial charge in [0.2, 0.25) is 0 Å². The minimum absolute atomic E-state index is 0.124. The predicted octanol–water partition coefficient (Wildman–Crippen LogP) is 9.59. The van der Waals surface area contributed by atoms with Crippen LogP contribution in [-0.4, -0.2) is 0 Å². The molecule has 0 bridgehead atoms.